The number of benzene rings is 1. The van der Waals surface area contributed by atoms with Crippen LogP contribution in [0, 0.1) is 13.8 Å². The molecule has 0 radical (unpaired) electrons. The monoisotopic (exact) mass is 440 g/mol. The average Bonchev–Trinajstić information content (AvgIpc) is 3.08. The van der Waals surface area contributed by atoms with Crippen LogP contribution in [0.5, 0.6) is 0 Å². The molecule has 3 N–H and O–H groups in total. The minimum atomic E-state index is -0.997. The van der Waals surface area contributed by atoms with Gasteiger partial charge in [0.05, 0.1) is 5.39 Å². The van der Waals surface area contributed by atoms with E-state index < -0.39 is 12.0 Å². The van der Waals surface area contributed by atoms with E-state index in [1.54, 1.807) is 11.3 Å². The second-order valence-electron chi connectivity index (χ2n) is 7.58. The van der Waals surface area contributed by atoms with Gasteiger partial charge in [0.15, 0.2) is 0 Å². The highest BCUT2D eigenvalue weighted by Gasteiger charge is 2.20. The third kappa shape index (κ3) is 5.58. The van der Waals surface area contributed by atoms with Crippen LogP contribution < -0.4 is 10.6 Å². The summed E-state index contributed by atoms with van der Waals surface area (Å²) in [6.45, 7) is 6.46. The van der Waals surface area contributed by atoms with Crippen molar-refractivity contribution in [1.82, 2.24) is 15.3 Å². The second kappa shape index (κ2) is 10.3. The summed E-state index contributed by atoms with van der Waals surface area (Å²) in [5.41, 5.74) is 3.39. The molecule has 0 saturated carbocycles. The zero-order valence-electron chi connectivity index (χ0n) is 18.1. The number of unbranched alkanes of at least 4 members (excludes halogenated alkanes) is 1. The lowest BCUT2D eigenvalue weighted by atomic mass is 10.0. The smallest absolute Gasteiger partial charge is 0.326 e. The Morgan fingerprint density at radius 3 is 2.58 bits per heavy atom. The number of fused-ring (bicyclic) bond motifs is 1. The molecule has 31 heavy (non-hydrogen) atoms. The van der Waals surface area contributed by atoms with E-state index in [0.29, 0.717) is 18.8 Å². The standard InChI is InChI=1S/C23H28N4O3S/c1-4-5-6-17(23(29)30)27-18(28)11-12-24-21-20-19(16-9-7-14(2)8-10-16)15(3)31-22(20)26-13-25-21/h7-10,13,17H,4-6,11-12H2,1-3H3,(H,27,28)(H,29,30)(H,24,25,26). The normalized spacial score (nSPS) is 12.0. The maximum atomic E-state index is 12.3. The molecule has 3 aromatic rings. The molecule has 1 atom stereocenters. The number of carbonyl (C=O) groups is 2. The van der Waals surface area contributed by atoms with Crippen molar-refractivity contribution < 1.29 is 14.7 Å². The van der Waals surface area contributed by atoms with Crippen LogP contribution in [0.25, 0.3) is 21.3 Å². The number of aliphatic carboxylic acids is 1. The first-order valence-electron chi connectivity index (χ1n) is 10.5. The molecule has 3 rings (SSSR count). The second-order valence-corrected chi connectivity index (χ2v) is 8.78. The van der Waals surface area contributed by atoms with Gasteiger partial charge in [0.25, 0.3) is 0 Å². The van der Waals surface area contributed by atoms with Crippen molar-refractivity contribution in [1.29, 1.82) is 0 Å². The fourth-order valence-corrected chi connectivity index (χ4v) is 4.49. The van der Waals surface area contributed by atoms with E-state index in [9.17, 15) is 14.7 Å². The molecule has 1 aromatic carbocycles. The lowest BCUT2D eigenvalue weighted by Crippen LogP contribution is -2.41. The number of thiophene rings is 1. The van der Waals surface area contributed by atoms with Gasteiger partial charge in [-0.1, -0.05) is 49.6 Å². The predicted molar refractivity (Wildman–Crippen MR) is 125 cm³/mol. The first-order chi connectivity index (χ1) is 14.9. The summed E-state index contributed by atoms with van der Waals surface area (Å²) in [7, 11) is 0. The molecule has 0 aliphatic rings. The number of anilines is 1. The van der Waals surface area contributed by atoms with Crippen molar-refractivity contribution in [3.8, 4) is 11.1 Å². The number of carbonyl (C=O) groups excluding carboxylic acids is 1. The van der Waals surface area contributed by atoms with Crippen molar-refractivity contribution in [2.45, 2.75) is 52.5 Å². The molecule has 0 bridgehead atoms. The van der Waals surface area contributed by atoms with Gasteiger partial charge >= 0.3 is 5.97 Å². The third-order valence-corrected chi connectivity index (χ3v) is 6.14. The molecule has 0 spiro atoms. The van der Waals surface area contributed by atoms with Gasteiger partial charge in [0.2, 0.25) is 5.91 Å². The number of nitrogens with zero attached hydrogens (tertiary/aromatic N) is 2. The van der Waals surface area contributed by atoms with Crippen LogP contribution in [0.4, 0.5) is 5.82 Å². The molecule has 1 unspecified atom stereocenters. The van der Waals surface area contributed by atoms with E-state index in [-0.39, 0.29) is 12.3 Å². The molecule has 0 aliphatic heterocycles. The highest BCUT2D eigenvalue weighted by Crippen LogP contribution is 2.40. The predicted octanol–water partition coefficient (Wildman–Crippen LogP) is 4.54. The lowest BCUT2D eigenvalue weighted by molar-refractivity contribution is -0.142. The first-order valence-corrected chi connectivity index (χ1v) is 11.3. The lowest BCUT2D eigenvalue weighted by Gasteiger charge is -2.14. The third-order valence-electron chi connectivity index (χ3n) is 5.13. The summed E-state index contributed by atoms with van der Waals surface area (Å²) in [6, 6.07) is 7.51. The van der Waals surface area contributed by atoms with Gasteiger partial charge in [-0.15, -0.1) is 11.3 Å². The minimum absolute atomic E-state index is 0.157. The van der Waals surface area contributed by atoms with Gasteiger partial charge in [0.1, 0.15) is 23.0 Å². The van der Waals surface area contributed by atoms with Crippen molar-refractivity contribution in [3.63, 3.8) is 0 Å². The highest BCUT2D eigenvalue weighted by atomic mass is 32.1. The summed E-state index contributed by atoms with van der Waals surface area (Å²) in [4.78, 5) is 34.5. The summed E-state index contributed by atoms with van der Waals surface area (Å²) in [6.07, 6.45) is 3.75. The number of nitrogens with one attached hydrogen (secondary N) is 2. The number of amides is 1. The Balaban J connectivity index is 1.73. The quantitative estimate of drug-likeness (QED) is 0.428. The molecule has 1 amide bonds. The molecule has 0 fully saturated rings. The Bertz CT molecular complexity index is 1060. The molecule has 8 heteroatoms. The van der Waals surface area contributed by atoms with Gasteiger partial charge < -0.3 is 15.7 Å². The van der Waals surface area contributed by atoms with Crippen molar-refractivity contribution in [2.75, 3.05) is 11.9 Å². The fourth-order valence-electron chi connectivity index (χ4n) is 3.47. The minimum Gasteiger partial charge on any atom is -0.480 e. The van der Waals surface area contributed by atoms with Crippen LogP contribution in [-0.4, -0.2) is 39.5 Å². The van der Waals surface area contributed by atoms with E-state index in [0.717, 1.165) is 39.1 Å². The van der Waals surface area contributed by atoms with Crippen LogP contribution in [0.3, 0.4) is 0 Å². The van der Waals surface area contributed by atoms with E-state index in [1.807, 2.05) is 6.92 Å². The molecule has 2 aromatic heterocycles. The summed E-state index contributed by atoms with van der Waals surface area (Å²) in [5, 5.41) is 16.1. The number of aromatic nitrogens is 2. The SMILES string of the molecule is CCCCC(NC(=O)CCNc1ncnc2sc(C)c(-c3ccc(C)cc3)c12)C(=O)O. The number of carboxylic acids is 1. The molecule has 0 saturated heterocycles. The summed E-state index contributed by atoms with van der Waals surface area (Å²) >= 11 is 1.62. The van der Waals surface area contributed by atoms with Gasteiger partial charge in [-0.2, -0.15) is 0 Å². The number of aryl methyl sites for hydroxylation is 2. The summed E-state index contributed by atoms with van der Waals surface area (Å²) < 4.78 is 0. The molecular weight excluding hydrogens is 412 g/mol. The number of hydrogen-bond acceptors (Lipinski definition) is 6. The Morgan fingerprint density at radius 1 is 1.16 bits per heavy atom. The molecule has 2 heterocycles. The van der Waals surface area contributed by atoms with Crippen LogP contribution >= 0.6 is 11.3 Å². The van der Waals surface area contributed by atoms with Gasteiger partial charge in [-0.3, -0.25) is 4.79 Å². The number of rotatable bonds is 10. The van der Waals surface area contributed by atoms with Crippen LogP contribution in [0.2, 0.25) is 0 Å². The average molecular weight is 441 g/mol. The van der Waals surface area contributed by atoms with E-state index in [4.69, 9.17) is 0 Å². The van der Waals surface area contributed by atoms with Crippen molar-refractivity contribution >= 4 is 39.2 Å². The van der Waals surface area contributed by atoms with Gasteiger partial charge in [0, 0.05) is 23.4 Å². The molecule has 7 nitrogen and oxygen atoms in total. The van der Waals surface area contributed by atoms with E-state index in [1.165, 1.54) is 11.9 Å². The maximum absolute atomic E-state index is 12.3. The Kier molecular flexibility index (Phi) is 7.57. The Hall–Kier alpha value is -3.00. The van der Waals surface area contributed by atoms with Crippen LogP contribution in [0.15, 0.2) is 30.6 Å². The first kappa shape index (κ1) is 22.7. The number of hydrogen-bond donors (Lipinski definition) is 3. The topological polar surface area (TPSA) is 104 Å². The van der Waals surface area contributed by atoms with Gasteiger partial charge in [-0.25, -0.2) is 14.8 Å². The maximum Gasteiger partial charge on any atom is 0.326 e. The Labute approximate surface area is 185 Å². The highest BCUT2D eigenvalue weighted by molar-refractivity contribution is 7.19. The van der Waals surface area contributed by atoms with Crippen LogP contribution in [0.1, 0.15) is 43.0 Å². The van der Waals surface area contributed by atoms with E-state index >= 15 is 0 Å². The molecular formula is C23H28N4O3S. The summed E-state index contributed by atoms with van der Waals surface area (Å²) in [5.74, 6) is -0.608. The zero-order valence-corrected chi connectivity index (χ0v) is 18.9. The number of carboxylic acid groups (broad SMARTS) is 1. The van der Waals surface area contributed by atoms with E-state index in [2.05, 4.69) is 58.7 Å². The van der Waals surface area contributed by atoms with Crippen LogP contribution in [-0.2, 0) is 9.59 Å². The zero-order chi connectivity index (χ0) is 22.4. The molecule has 0 aliphatic carbocycles. The van der Waals surface area contributed by atoms with Crippen molar-refractivity contribution in [3.05, 3.63) is 41.0 Å². The van der Waals surface area contributed by atoms with Crippen molar-refractivity contribution in [2.24, 2.45) is 0 Å². The largest absolute Gasteiger partial charge is 0.480 e. The Morgan fingerprint density at radius 2 is 1.90 bits per heavy atom. The molecule has 164 valence electrons. The fraction of sp³-hybridized carbons (Fsp3) is 0.391. The van der Waals surface area contributed by atoms with Gasteiger partial charge in [-0.05, 0) is 25.8 Å².